The Morgan fingerprint density at radius 2 is 0.833 bits per heavy atom. The van der Waals surface area contributed by atoms with E-state index in [2.05, 4.69) is 0 Å². The van der Waals surface area contributed by atoms with Crippen molar-refractivity contribution in [1.82, 2.24) is 0 Å². The molecule has 4 aromatic carbocycles. The van der Waals surface area contributed by atoms with Gasteiger partial charge in [-0.15, -0.1) is 0 Å². The lowest BCUT2D eigenvalue weighted by Crippen LogP contribution is -2.14. The molecule has 4 N–H and O–H groups in total. The molecule has 0 spiro atoms. The van der Waals surface area contributed by atoms with Gasteiger partial charge in [0.2, 0.25) is 0 Å². The van der Waals surface area contributed by atoms with E-state index >= 15 is 0 Å². The molecule has 0 fully saturated rings. The van der Waals surface area contributed by atoms with Crippen LogP contribution in [0.25, 0.3) is 33.4 Å². The van der Waals surface area contributed by atoms with Gasteiger partial charge in [0.05, 0.1) is 22.3 Å². The highest BCUT2D eigenvalue weighted by molar-refractivity contribution is 5.85. The van der Waals surface area contributed by atoms with Crippen molar-refractivity contribution in [3.8, 4) is 33.4 Å². The summed E-state index contributed by atoms with van der Waals surface area (Å²) in [6.07, 6.45) is -21.0. The van der Waals surface area contributed by atoms with E-state index in [1.807, 2.05) is 0 Å². The van der Waals surface area contributed by atoms with Crippen molar-refractivity contribution >= 4 is 11.4 Å². The van der Waals surface area contributed by atoms with E-state index in [0.29, 0.717) is 42.5 Å². The molecule has 0 aliphatic rings. The average molecular weight is 608 g/mol. The van der Waals surface area contributed by atoms with E-state index in [-0.39, 0.29) is 0 Å². The summed E-state index contributed by atoms with van der Waals surface area (Å²) in [7, 11) is 0. The van der Waals surface area contributed by atoms with Crippen LogP contribution in [0.3, 0.4) is 0 Å². The van der Waals surface area contributed by atoms with Gasteiger partial charge in [-0.25, -0.2) is 0 Å². The first-order valence-corrected chi connectivity index (χ1v) is 11.6. The molecule has 0 aliphatic carbocycles. The lowest BCUT2D eigenvalue weighted by molar-refractivity contribution is -0.139. The number of hydrogen-bond acceptors (Lipinski definition) is 2. The molecule has 2 nitrogen and oxygen atoms in total. The number of anilines is 2. The fraction of sp³-hybridized carbons (Fsp3) is 0.143. The third kappa shape index (κ3) is 5.97. The van der Waals surface area contributed by atoms with E-state index in [1.165, 1.54) is 0 Å². The van der Waals surface area contributed by atoms with Gasteiger partial charge in [-0.2, -0.15) is 52.7 Å². The zero-order valence-electron chi connectivity index (χ0n) is 20.6. The van der Waals surface area contributed by atoms with Gasteiger partial charge < -0.3 is 11.5 Å². The van der Waals surface area contributed by atoms with Crippen molar-refractivity contribution in [1.29, 1.82) is 0 Å². The van der Waals surface area contributed by atoms with Crippen LogP contribution in [0.1, 0.15) is 22.3 Å². The molecule has 4 rings (SSSR count). The van der Waals surface area contributed by atoms with Crippen molar-refractivity contribution in [2.45, 2.75) is 24.7 Å². The van der Waals surface area contributed by atoms with E-state index in [9.17, 15) is 52.7 Å². The van der Waals surface area contributed by atoms with Crippen molar-refractivity contribution in [2.75, 3.05) is 11.5 Å². The summed E-state index contributed by atoms with van der Waals surface area (Å²) in [5.74, 6) is 0. The molecule has 0 atom stereocenters. The van der Waals surface area contributed by atoms with E-state index in [0.717, 1.165) is 30.3 Å². The average Bonchev–Trinajstić information content (AvgIpc) is 2.86. The Morgan fingerprint density at radius 3 is 1.29 bits per heavy atom. The van der Waals surface area contributed by atoms with Gasteiger partial charge in [0, 0.05) is 11.4 Å². The maximum absolute atomic E-state index is 14.5. The van der Waals surface area contributed by atoms with Gasteiger partial charge in [-0.1, -0.05) is 36.4 Å². The Labute approximate surface area is 229 Å². The molecule has 222 valence electrons. The molecule has 4 aromatic rings. The smallest absolute Gasteiger partial charge is 0.399 e. The highest BCUT2D eigenvalue weighted by Gasteiger charge is 2.42. The van der Waals surface area contributed by atoms with Crippen LogP contribution in [0, 0.1) is 0 Å². The standard InChI is InChI=1S/C28H16F12N2/c29-25(30,31)21-9-4-13(10-20(21)18-8-6-15(42)12-23(18)27(35,36)37)16-2-1-3-19(24(16)28(38,39)40)17-7-5-14(41)11-22(17)26(32,33)34/h1-12H,41-42H2. The molecule has 0 heterocycles. The van der Waals surface area contributed by atoms with Crippen molar-refractivity contribution < 1.29 is 52.7 Å². The Hall–Kier alpha value is -4.36. The van der Waals surface area contributed by atoms with Gasteiger partial charge >= 0.3 is 24.7 Å². The number of nitrogen functional groups attached to an aromatic ring is 2. The van der Waals surface area contributed by atoms with E-state index < -0.39 is 91.7 Å². The molecule has 42 heavy (non-hydrogen) atoms. The minimum absolute atomic E-state index is 0.304. The summed E-state index contributed by atoms with van der Waals surface area (Å²) in [6.45, 7) is 0. The van der Waals surface area contributed by atoms with Crippen LogP contribution >= 0.6 is 0 Å². The minimum Gasteiger partial charge on any atom is -0.399 e. The molecule has 0 aliphatic heterocycles. The summed E-state index contributed by atoms with van der Waals surface area (Å²) in [4.78, 5) is 0. The first kappa shape index (κ1) is 30.6. The summed E-state index contributed by atoms with van der Waals surface area (Å²) in [6, 6.07) is 7.85. The first-order valence-electron chi connectivity index (χ1n) is 11.6. The largest absolute Gasteiger partial charge is 0.417 e. The monoisotopic (exact) mass is 608 g/mol. The first-order chi connectivity index (χ1) is 19.2. The number of nitrogens with two attached hydrogens (primary N) is 2. The molecule has 0 amide bonds. The van der Waals surface area contributed by atoms with Gasteiger partial charge in [0.25, 0.3) is 0 Å². The fourth-order valence-corrected chi connectivity index (χ4v) is 4.57. The Balaban J connectivity index is 2.09. The number of benzene rings is 4. The fourth-order valence-electron chi connectivity index (χ4n) is 4.57. The van der Waals surface area contributed by atoms with Crippen LogP contribution in [0.5, 0.6) is 0 Å². The van der Waals surface area contributed by atoms with Crippen LogP contribution < -0.4 is 11.5 Å². The summed E-state index contributed by atoms with van der Waals surface area (Å²) < 4.78 is 168. The Kier molecular flexibility index (Phi) is 7.41. The predicted octanol–water partition coefficient (Wildman–Crippen LogP) is 9.93. The molecule has 14 heteroatoms. The second-order valence-electron chi connectivity index (χ2n) is 9.09. The summed E-state index contributed by atoms with van der Waals surface area (Å²) >= 11 is 0. The van der Waals surface area contributed by atoms with Crippen LogP contribution in [0.4, 0.5) is 64.1 Å². The number of alkyl halides is 12. The molecule has 0 unspecified atom stereocenters. The normalized spacial score (nSPS) is 13.0. The van der Waals surface area contributed by atoms with Gasteiger partial charge in [-0.05, 0) is 69.8 Å². The topological polar surface area (TPSA) is 52.0 Å². The predicted molar refractivity (Wildman–Crippen MR) is 132 cm³/mol. The van der Waals surface area contributed by atoms with Crippen molar-refractivity contribution in [2.24, 2.45) is 0 Å². The van der Waals surface area contributed by atoms with Crippen LogP contribution in [-0.2, 0) is 24.7 Å². The number of halogens is 12. The third-order valence-electron chi connectivity index (χ3n) is 6.26. The Morgan fingerprint density at radius 1 is 0.381 bits per heavy atom. The highest BCUT2D eigenvalue weighted by Crippen LogP contribution is 2.49. The summed E-state index contributed by atoms with van der Waals surface area (Å²) in [5, 5.41) is 0. The zero-order chi connectivity index (χ0) is 31.4. The van der Waals surface area contributed by atoms with Crippen LogP contribution in [0.15, 0.2) is 72.8 Å². The quantitative estimate of drug-likeness (QED) is 0.180. The van der Waals surface area contributed by atoms with Gasteiger partial charge in [-0.3, -0.25) is 0 Å². The lowest BCUT2D eigenvalue weighted by Gasteiger charge is -2.22. The Bertz CT molecular complexity index is 1650. The lowest BCUT2D eigenvalue weighted by atomic mass is 9.86. The van der Waals surface area contributed by atoms with Crippen LogP contribution in [0.2, 0.25) is 0 Å². The molecular weight excluding hydrogens is 592 g/mol. The summed E-state index contributed by atoms with van der Waals surface area (Å²) in [5.41, 5.74) is -1.88. The minimum atomic E-state index is -5.36. The maximum Gasteiger partial charge on any atom is 0.417 e. The van der Waals surface area contributed by atoms with Crippen LogP contribution in [-0.4, -0.2) is 0 Å². The molecular formula is C28H16F12N2. The second-order valence-corrected chi connectivity index (χ2v) is 9.09. The second kappa shape index (κ2) is 10.2. The molecule has 0 aromatic heterocycles. The van der Waals surface area contributed by atoms with E-state index in [4.69, 9.17) is 11.5 Å². The van der Waals surface area contributed by atoms with Gasteiger partial charge in [0.15, 0.2) is 0 Å². The maximum atomic E-state index is 14.5. The zero-order valence-corrected chi connectivity index (χ0v) is 20.6. The van der Waals surface area contributed by atoms with Gasteiger partial charge in [0.1, 0.15) is 0 Å². The van der Waals surface area contributed by atoms with Crippen molar-refractivity contribution in [3.05, 3.63) is 95.1 Å². The molecule has 0 saturated carbocycles. The molecule has 0 saturated heterocycles. The third-order valence-corrected chi connectivity index (χ3v) is 6.26. The number of rotatable bonds is 3. The molecule has 0 bridgehead atoms. The SMILES string of the molecule is Nc1ccc(-c2cc(-c3cccc(-c4ccc(N)cc4C(F)(F)F)c3C(F)(F)F)ccc2C(F)(F)F)c(C(F)(F)F)c1. The van der Waals surface area contributed by atoms with Crippen molar-refractivity contribution in [3.63, 3.8) is 0 Å². The molecule has 0 radical (unpaired) electrons. The van der Waals surface area contributed by atoms with E-state index in [1.54, 1.807) is 0 Å². The number of hydrogen-bond donors (Lipinski definition) is 2. The highest BCUT2D eigenvalue weighted by atomic mass is 19.4.